The largest absolute Gasteiger partial charge is 0.242 e. The Balaban J connectivity index is 1.81. The predicted octanol–water partition coefficient (Wildman–Crippen LogP) is 7.91. The van der Waals surface area contributed by atoms with E-state index in [4.69, 9.17) is 0 Å². The van der Waals surface area contributed by atoms with E-state index in [0.29, 0.717) is 0 Å². The molecule has 2 nitrogen and oxygen atoms in total. The predicted molar refractivity (Wildman–Crippen MR) is 151 cm³/mol. The van der Waals surface area contributed by atoms with Gasteiger partial charge in [0.1, 0.15) is 0 Å². The summed E-state index contributed by atoms with van der Waals surface area (Å²) in [6, 6.07) is 17.8. The lowest BCUT2D eigenvalue weighted by atomic mass is 9.96. The van der Waals surface area contributed by atoms with Crippen LogP contribution in [-0.2, 0) is 11.0 Å². The van der Waals surface area contributed by atoms with Gasteiger partial charge in [0, 0.05) is 0 Å². The second-order valence-corrected chi connectivity index (χ2v) is 16.1. The van der Waals surface area contributed by atoms with Crippen molar-refractivity contribution in [1.29, 1.82) is 0 Å². The zero-order valence-corrected chi connectivity index (χ0v) is 23.4. The van der Waals surface area contributed by atoms with Gasteiger partial charge in [-0.25, -0.2) is 8.93 Å². The van der Waals surface area contributed by atoms with Crippen molar-refractivity contribution >= 4 is 24.2 Å². The van der Waals surface area contributed by atoms with E-state index in [0.717, 1.165) is 11.3 Å². The lowest BCUT2D eigenvalue weighted by molar-refractivity contribution is 0.487. The number of hydrogen-bond acceptors (Lipinski definition) is 1. The van der Waals surface area contributed by atoms with Gasteiger partial charge in [0.15, 0.2) is 0 Å². The average molecular weight is 498 g/mol. The summed E-state index contributed by atoms with van der Waals surface area (Å²) in [7, 11) is -1.39. The molecule has 2 aliphatic rings. The van der Waals surface area contributed by atoms with E-state index in [9.17, 15) is 4.21 Å². The lowest BCUT2D eigenvalue weighted by Crippen LogP contribution is -2.38. The van der Waals surface area contributed by atoms with Gasteiger partial charge in [-0.15, -0.1) is 0 Å². The summed E-state index contributed by atoms with van der Waals surface area (Å²) in [5.41, 5.74) is 5.59. The summed E-state index contributed by atoms with van der Waals surface area (Å²) in [5, 5.41) is 1.59. The van der Waals surface area contributed by atoms with Crippen LogP contribution in [0.4, 0.5) is 0 Å². The highest BCUT2D eigenvalue weighted by Crippen LogP contribution is 2.56. The van der Waals surface area contributed by atoms with Gasteiger partial charge in [-0.05, 0) is 86.7 Å². The minimum atomic E-state index is -1.15. The maximum absolute atomic E-state index is 13.4. The fourth-order valence-electron chi connectivity index (χ4n) is 5.87. The number of nitrogens with one attached hydrogen (secondary N) is 1. The Morgan fingerprint density at radius 1 is 0.794 bits per heavy atom. The van der Waals surface area contributed by atoms with Crippen molar-refractivity contribution in [2.45, 2.75) is 114 Å². The van der Waals surface area contributed by atoms with Gasteiger partial charge in [0.2, 0.25) is 0 Å². The molecule has 4 rings (SSSR count). The molecule has 34 heavy (non-hydrogen) atoms. The number of aryl methyl sites for hydroxylation is 1. The van der Waals surface area contributed by atoms with Crippen LogP contribution in [0.2, 0.25) is 0 Å². The van der Waals surface area contributed by atoms with Gasteiger partial charge in [-0.2, -0.15) is 0 Å². The van der Waals surface area contributed by atoms with Crippen LogP contribution < -0.4 is 10.0 Å². The van der Waals surface area contributed by atoms with Crippen molar-refractivity contribution in [1.82, 2.24) is 4.72 Å². The number of hydrogen-bond donors (Lipinski definition) is 1. The SMILES string of the molecule is Cc1ccccc1[C@@H](N[S@](=O)C(C)(C)C)c1ccccc1P(C1CCCCC1)C1CCCCC1. The van der Waals surface area contributed by atoms with Crippen molar-refractivity contribution in [3.63, 3.8) is 0 Å². The van der Waals surface area contributed by atoms with Crippen LogP contribution in [0, 0.1) is 6.92 Å². The zero-order valence-electron chi connectivity index (χ0n) is 21.7. The average Bonchev–Trinajstić information content (AvgIpc) is 2.84. The molecule has 0 spiro atoms. The number of rotatable bonds is 7. The first-order chi connectivity index (χ1) is 16.4. The van der Waals surface area contributed by atoms with Crippen molar-refractivity contribution in [3.8, 4) is 0 Å². The zero-order chi connectivity index (χ0) is 24.1. The topological polar surface area (TPSA) is 29.1 Å². The minimum absolute atomic E-state index is 0.0466. The van der Waals surface area contributed by atoms with Crippen LogP contribution in [0.5, 0.6) is 0 Å². The molecule has 2 aromatic rings. The van der Waals surface area contributed by atoms with Crippen molar-refractivity contribution in [2.24, 2.45) is 0 Å². The first-order valence-electron chi connectivity index (χ1n) is 13.5. The highest BCUT2D eigenvalue weighted by Gasteiger charge is 2.35. The molecule has 0 aliphatic heterocycles. The van der Waals surface area contributed by atoms with Crippen molar-refractivity contribution in [2.75, 3.05) is 0 Å². The van der Waals surface area contributed by atoms with Crippen LogP contribution in [0.15, 0.2) is 48.5 Å². The Kier molecular flexibility index (Phi) is 9.05. The molecule has 0 unspecified atom stereocenters. The van der Waals surface area contributed by atoms with Crippen LogP contribution >= 0.6 is 7.92 Å². The molecule has 0 bridgehead atoms. The lowest BCUT2D eigenvalue weighted by Gasteiger charge is -2.40. The maximum Gasteiger partial charge on any atom is 0.0979 e. The van der Waals surface area contributed by atoms with Gasteiger partial charge in [-0.1, -0.05) is 95.0 Å². The third-order valence-electron chi connectivity index (χ3n) is 7.74. The van der Waals surface area contributed by atoms with E-state index in [1.165, 1.54) is 80.9 Å². The Bertz CT molecular complexity index is 938. The molecule has 0 saturated heterocycles. The van der Waals surface area contributed by atoms with Crippen LogP contribution in [-0.4, -0.2) is 20.3 Å². The van der Waals surface area contributed by atoms with Crippen molar-refractivity contribution < 1.29 is 4.21 Å². The quantitative estimate of drug-likeness (QED) is 0.387. The van der Waals surface area contributed by atoms with Crippen LogP contribution in [0.1, 0.15) is 108 Å². The molecule has 0 heterocycles. The molecule has 2 aliphatic carbocycles. The molecule has 0 amide bonds. The third-order valence-corrected chi connectivity index (χ3v) is 12.9. The van der Waals surface area contributed by atoms with Crippen molar-refractivity contribution in [3.05, 3.63) is 65.2 Å². The Labute approximate surface area is 212 Å². The highest BCUT2D eigenvalue weighted by molar-refractivity contribution is 7.84. The fourth-order valence-corrected chi connectivity index (χ4v) is 10.7. The Morgan fingerprint density at radius 2 is 1.29 bits per heavy atom. The molecular weight excluding hydrogens is 453 g/mol. The highest BCUT2D eigenvalue weighted by atomic mass is 32.2. The summed E-state index contributed by atoms with van der Waals surface area (Å²) in [5.74, 6) is 0. The number of benzene rings is 2. The molecule has 2 atom stereocenters. The van der Waals surface area contributed by atoms with Gasteiger partial charge in [-0.3, -0.25) is 0 Å². The first kappa shape index (κ1) is 26.1. The molecule has 0 radical (unpaired) electrons. The summed E-state index contributed by atoms with van der Waals surface area (Å²) in [6.07, 6.45) is 14.0. The summed E-state index contributed by atoms with van der Waals surface area (Å²) < 4.78 is 16.7. The Morgan fingerprint density at radius 3 is 1.82 bits per heavy atom. The third kappa shape index (κ3) is 6.21. The normalized spacial score (nSPS) is 20.4. The fraction of sp³-hybridized carbons (Fsp3) is 0.600. The van der Waals surface area contributed by atoms with Crippen LogP contribution in [0.25, 0.3) is 0 Å². The molecule has 186 valence electrons. The molecule has 2 fully saturated rings. The van der Waals surface area contributed by atoms with Gasteiger partial charge >= 0.3 is 0 Å². The molecule has 2 saturated carbocycles. The van der Waals surface area contributed by atoms with E-state index in [1.54, 1.807) is 5.30 Å². The molecule has 0 aromatic heterocycles. The molecule has 2 aromatic carbocycles. The van der Waals surface area contributed by atoms with Gasteiger partial charge in [0.05, 0.1) is 21.8 Å². The first-order valence-corrected chi connectivity index (χ1v) is 16.1. The van der Waals surface area contributed by atoms with Crippen LogP contribution in [0.3, 0.4) is 0 Å². The van der Waals surface area contributed by atoms with Gasteiger partial charge < -0.3 is 0 Å². The summed E-state index contributed by atoms with van der Waals surface area (Å²) in [4.78, 5) is 0. The molecular formula is C30H44NOPS. The molecule has 4 heteroatoms. The van der Waals surface area contributed by atoms with E-state index in [2.05, 4.69) is 80.9 Å². The summed E-state index contributed by atoms with van der Waals surface area (Å²) in [6.45, 7) is 8.38. The standard InChI is InChI=1S/C30H44NOPS/c1-23-15-11-12-20-26(23)29(31-34(32)30(2,3)4)27-21-13-14-22-28(27)33(24-16-7-5-8-17-24)25-18-9-6-10-19-25/h11-15,20-22,24-25,29,31H,5-10,16-19H2,1-4H3/t29-,34-/m1/s1. The maximum atomic E-state index is 13.4. The Hall–Kier alpha value is -1.02. The monoisotopic (exact) mass is 497 g/mol. The second kappa shape index (κ2) is 11.8. The second-order valence-electron chi connectivity index (χ2n) is 11.3. The summed E-state index contributed by atoms with van der Waals surface area (Å²) >= 11 is 0. The van der Waals surface area contributed by atoms with Gasteiger partial charge in [0.25, 0.3) is 0 Å². The molecule has 1 N–H and O–H groups in total. The van der Waals surface area contributed by atoms with E-state index in [-0.39, 0.29) is 18.7 Å². The van der Waals surface area contributed by atoms with E-state index < -0.39 is 11.0 Å². The smallest absolute Gasteiger partial charge is 0.0979 e. The van der Waals surface area contributed by atoms with E-state index >= 15 is 0 Å². The minimum Gasteiger partial charge on any atom is -0.242 e. The van der Waals surface area contributed by atoms with E-state index in [1.807, 2.05) is 0 Å².